The molecule has 2 atom stereocenters. The third kappa shape index (κ3) is 1.92. The number of hydrogen-bond acceptors (Lipinski definition) is 2. The lowest BCUT2D eigenvalue weighted by atomic mass is 9.88. The zero-order valence-corrected chi connectivity index (χ0v) is 10.8. The Morgan fingerprint density at radius 1 is 1.00 bits per heavy atom. The first-order valence-corrected chi connectivity index (χ1v) is 6.39. The van der Waals surface area contributed by atoms with Crippen molar-refractivity contribution in [2.24, 2.45) is 5.73 Å². The summed E-state index contributed by atoms with van der Waals surface area (Å²) in [6.07, 6.45) is 0. The van der Waals surface area contributed by atoms with Crippen molar-refractivity contribution in [3.05, 3.63) is 65.7 Å². The minimum absolute atomic E-state index is 0.0169. The number of aryl methyl sites for hydroxylation is 1. The fourth-order valence-corrected chi connectivity index (χ4v) is 2.51. The maximum atomic E-state index is 12.0. The van der Waals surface area contributed by atoms with Crippen molar-refractivity contribution in [3.8, 4) is 0 Å². The molecular formula is C16H16N2O. The van der Waals surface area contributed by atoms with Gasteiger partial charge in [-0.25, -0.2) is 0 Å². The highest BCUT2D eigenvalue weighted by atomic mass is 16.2. The third-order valence-electron chi connectivity index (χ3n) is 3.59. The van der Waals surface area contributed by atoms with Gasteiger partial charge in [-0.1, -0.05) is 48.0 Å². The Morgan fingerprint density at radius 2 is 1.63 bits per heavy atom. The summed E-state index contributed by atoms with van der Waals surface area (Å²) in [6, 6.07) is 17.4. The van der Waals surface area contributed by atoms with Crippen molar-refractivity contribution in [1.29, 1.82) is 0 Å². The number of anilines is 1. The van der Waals surface area contributed by atoms with Crippen LogP contribution in [0, 0.1) is 6.92 Å². The number of rotatable bonds is 2. The highest BCUT2D eigenvalue weighted by molar-refractivity contribution is 6.05. The number of benzene rings is 2. The number of amides is 1. The van der Waals surface area contributed by atoms with Crippen LogP contribution in [0.2, 0.25) is 0 Å². The monoisotopic (exact) mass is 252 g/mol. The Bertz CT molecular complexity index is 592. The normalized spacial score (nSPS) is 22.2. The van der Waals surface area contributed by atoms with Crippen LogP contribution in [0.3, 0.4) is 0 Å². The molecule has 0 aromatic heterocycles. The minimum Gasteiger partial charge on any atom is -0.318 e. The molecule has 1 aliphatic heterocycles. The number of hydrogen-bond donors (Lipinski definition) is 1. The molecule has 3 heteroatoms. The van der Waals surface area contributed by atoms with Crippen molar-refractivity contribution in [2.75, 3.05) is 4.90 Å². The summed E-state index contributed by atoms with van der Waals surface area (Å²) < 4.78 is 0. The van der Waals surface area contributed by atoms with E-state index >= 15 is 0 Å². The molecule has 3 rings (SSSR count). The number of carbonyl (C=O) groups is 1. The molecule has 2 aromatic rings. The van der Waals surface area contributed by atoms with Gasteiger partial charge in [0, 0.05) is 5.69 Å². The van der Waals surface area contributed by atoms with Gasteiger partial charge in [-0.15, -0.1) is 0 Å². The average molecular weight is 252 g/mol. The lowest BCUT2D eigenvalue weighted by molar-refractivity contribution is -0.126. The van der Waals surface area contributed by atoms with E-state index in [2.05, 4.69) is 0 Å². The molecular weight excluding hydrogens is 236 g/mol. The molecule has 0 bridgehead atoms. The Kier molecular flexibility index (Phi) is 2.84. The number of nitrogens with two attached hydrogens (primary N) is 1. The highest BCUT2D eigenvalue weighted by Gasteiger charge is 2.46. The molecule has 1 aliphatic rings. The first-order valence-electron chi connectivity index (χ1n) is 6.39. The van der Waals surface area contributed by atoms with Gasteiger partial charge in [-0.05, 0) is 24.6 Å². The van der Waals surface area contributed by atoms with E-state index in [0.29, 0.717) is 0 Å². The summed E-state index contributed by atoms with van der Waals surface area (Å²) in [6.45, 7) is 2.05. The van der Waals surface area contributed by atoms with Crippen LogP contribution in [-0.2, 0) is 4.79 Å². The fraction of sp³-hybridized carbons (Fsp3) is 0.188. The first-order chi connectivity index (χ1) is 9.18. The molecule has 0 unspecified atom stereocenters. The van der Waals surface area contributed by atoms with E-state index < -0.39 is 6.04 Å². The average Bonchev–Trinajstić information content (AvgIpc) is 2.46. The molecule has 1 heterocycles. The van der Waals surface area contributed by atoms with Gasteiger partial charge in [0.05, 0.1) is 6.04 Å². The zero-order chi connectivity index (χ0) is 13.4. The lowest BCUT2D eigenvalue weighted by Crippen LogP contribution is -2.63. The van der Waals surface area contributed by atoms with Crippen molar-refractivity contribution in [3.63, 3.8) is 0 Å². The van der Waals surface area contributed by atoms with Gasteiger partial charge in [0.15, 0.2) is 0 Å². The predicted molar refractivity (Wildman–Crippen MR) is 75.8 cm³/mol. The van der Waals surface area contributed by atoms with Crippen LogP contribution in [0.5, 0.6) is 0 Å². The Balaban J connectivity index is 1.96. The van der Waals surface area contributed by atoms with Crippen molar-refractivity contribution < 1.29 is 4.79 Å². The summed E-state index contributed by atoms with van der Waals surface area (Å²) >= 11 is 0. The summed E-state index contributed by atoms with van der Waals surface area (Å²) in [5.41, 5.74) is 9.16. The van der Waals surface area contributed by atoms with Crippen LogP contribution in [0.4, 0.5) is 5.69 Å². The van der Waals surface area contributed by atoms with Gasteiger partial charge >= 0.3 is 0 Å². The maximum absolute atomic E-state index is 12.0. The van der Waals surface area contributed by atoms with E-state index in [1.165, 1.54) is 5.56 Å². The molecule has 2 N–H and O–H groups in total. The van der Waals surface area contributed by atoms with E-state index in [-0.39, 0.29) is 11.9 Å². The largest absolute Gasteiger partial charge is 0.318 e. The van der Waals surface area contributed by atoms with Gasteiger partial charge in [0.2, 0.25) is 5.91 Å². The fourth-order valence-electron chi connectivity index (χ4n) is 2.51. The molecule has 19 heavy (non-hydrogen) atoms. The number of para-hydroxylation sites is 1. The van der Waals surface area contributed by atoms with Gasteiger partial charge < -0.3 is 10.6 Å². The van der Waals surface area contributed by atoms with E-state index in [4.69, 9.17) is 5.73 Å². The summed E-state index contributed by atoms with van der Waals surface area (Å²) in [4.78, 5) is 13.8. The SMILES string of the molecule is Cc1ccc([C@@H]2[C@H](N)C(=O)N2c2ccccc2)cc1. The quantitative estimate of drug-likeness (QED) is 0.834. The maximum Gasteiger partial charge on any atom is 0.247 e. The molecule has 0 spiro atoms. The summed E-state index contributed by atoms with van der Waals surface area (Å²) in [5, 5.41) is 0. The predicted octanol–water partition coefficient (Wildman–Crippen LogP) is 2.41. The zero-order valence-electron chi connectivity index (χ0n) is 10.8. The Morgan fingerprint density at radius 3 is 2.26 bits per heavy atom. The Labute approximate surface area is 112 Å². The van der Waals surface area contributed by atoms with Gasteiger partial charge in [-0.3, -0.25) is 4.79 Å². The summed E-state index contributed by atoms with van der Waals surface area (Å²) in [7, 11) is 0. The molecule has 0 saturated carbocycles. The second-order valence-electron chi connectivity index (χ2n) is 4.93. The molecule has 1 saturated heterocycles. The first kappa shape index (κ1) is 11.9. The van der Waals surface area contributed by atoms with Crippen LogP contribution >= 0.6 is 0 Å². The molecule has 1 amide bonds. The molecule has 2 aromatic carbocycles. The minimum atomic E-state index is -0.442. The highest BCUT2D eigenvalue weighted by Crippen LogP contribution is 2.37. The second kappa shape index (κ2) is 4.52. The van der Waals surface area contributed by atoms with Crippen molar-refractivity contribution >= 4 is 11.6 Å². The molecule has 3 nitrogen and oxygen atoms in total. The smallest absolute Gasteiger partial charge is 0.247 e. The van der Waals surface area contributed by atoms with Crippen molar-refractivity contribution in [2.45, 2.75) is 19.0 Å². The van der Waals surface area contributed by atoms with Gasteiger partial charge in [0.1, 0.15) is 6.04 Å². The second-order valence-corrected chi connectivity index (χ2v) is 4.93. The van der Waals surface area contributed by atoms with E-state index in [9.17, 15) is 4.79 Å². The number of nitrogens with zero attached hydrogens (tertiary/aromatic N) is 1. The third-order valence-corrected chi connectivity index (χ3v) is 3.59. The van der Waals surface area contributed by atoms with E-state index in [1.54, 1.807) is 4.90 Å². The van der Waals surface area contributed by atoms with Crippen LogP contribution in [-0.4, -0.2) is 11.9 Å². The van der Waals surface area contributed by atoms with Crippen LogP contribution in [0.15, 0.2) is 54.6 Å². The molecule has 0 aliphatic carbocycles. The molecule has 1 fully saturated rings. The lowest BCUT2D eigenvalue weighted by Gasteiger charge is -2.45. The standard InChI is InChI=1S/C16H16N2O/c1-11-7-9-12(10-8-11)15-14(17)16(19)18(15)13-5-3-2-4-6-13/h2-10,14-15H,17H2,1H3/t14-,15+/m0/s1. The van der Waals surface area contributed by atoms with E-state index in [0.717, 1.165) is 11.3 Å². The molecule has 96 valence electrons. The van der Waals surface area contributed by atoms with Crippen LogP contribution in [0.25, 0.3) is 0 Å². The number of carbonyl (C=O) groups excluding carboxylic acids is 1. The molecule has 0 radical (unpaired) electrons. The summed E-state index contributed by atoms with van der Waals surface area (Å²) in [5.74, 6) is -0.0169. The topological polar surface area (TPSA) is 46.3 Å². The van der Waals surface area contributed by atoms with Crippen molar-refractivity contribution in [1.82, 2.24) is 0 Å². The van der Waals surface area contributed by atoms with Gasteiger partial charge in [0.25, 0.3) is 0 Å². The van der Waals surface area contributed by atoms with Crippen LogP contribution < -0.4 is 10.6 Å². The number of β-lactam (4-membered cyclic amide) rings is 1. The van der Waals surface area contributed by atoms with E-state index in [1.807, 2.05) is 61.5 Å². The van der Waals surface area contributed by atoms with Gasteiger partial charge in [-0.2, -0.15) is 0 Å². The van der Waals surface area contributed by atoms with Crippen LogP contribution in [0.1, 0.15) is 17.2 Å². The Hall–Kier alpha value is -2.13.